The van der Waals surface area contributed by atoms with Crippen molar-refractivity contribution in [3.8, 4) is 5.88 Å². The van der Waals surface area contributed by atoms with Crippen molar-refractivity contribution in [1.82, 2.24) is 9.97 Å². The van der Waals surface area contributed by atoms with Gasteiger partial charge in [0.25, 0.3) is 0 Å². The Kier molecular flexibility index (Phi) is 4.73. The highest BCUT2D eigenvalue weighted by Gasteiger charge is 2.02. The first-order valence-electron chi connectivity index (χ1n) is 6.20. The number of nitrogens with zero attached hydrogens (tertiary/aromatic N) is 2. The molecule has 0 radical (unpaired) electrons. The lowest BCUT2D eigenvalue weighted by Crippen LogP contribution is -2.05. The van der Waals surface area contributed by atoms with E-state index >= 15 is 0 Å². The zero-order valence-corrected chi connectivity index (χ0v) is 11.6. The van der Waals surface area contributed by atoms with Gasteiger partial charge in [0.2, 0.25) is 11.8 Å². The number of aromatic nitrogens is 2. The monoisotopic (exact) mass is 274 g/mol. The van der Waals surface area contributed by atoms with Crippen LogP contribution in [0.2, 0.25) is 0 Å². The van der Waals surface area contributed by atoms with Gasteiger partial charge in [-0.05, 0) is 11.1 Å². The van der Waals surface area contributed by atoms with E-state index in [1.165, 1.54) is 0 Å². The molecule has 0 spiro atoms. The van der Waals surface area contributed by atoms with Crippen molar-refractivity contribution < 1.29 is 9.47 Å². The summed E-state index contributed by atoms with van der Waals surface area (Å²) in [5.74, 6) is 1.25. The number of hydrogen-bond acceptors (Lipinski definition) is 6. The van der Waals surface area contributed by atoms with E-state index in [0.29, 0.717) is 24.8 Å². The van der Waals surface area contributed by atoms with Crippen LogP contribution in [0.1, 0.15) is 11.1 Å². The van der Waals surface area contributed by atoms with Crippen molar-refractivity contribution in [3.05, 3.63) is 41.5 Å². The quantitative estimate of drug-likeness (QED) is 0.836. The normalized spacial score (nSPS) is 10.3. The van der Waals surface area contributed by atoms with Gasteiger partial charge < -0.3 is 20.5 Å². The maximum absolute atomic E-state index is 5.61. The molecule has 0 aliphatic heterocycles. The summed E-state index contributed by atoms with van der Waals surface area (Å²) in [6.45, 7) is 1.24. The van der Waals surface area contributed by atoms with Crippen molar-refractivity contribution in [2.24, 2.45) is 0 Å². The third kappa shape index (κ3) is 3.83. The van der Waals surface area contributed by atoms with Crippen LogP contribution in [0.25, 0.3) is 0 Å². The van der Waals surface area contributed by atoms with Crippen LogP contribution in [0, 0.1) is 0 Å². The van der Waals surface area contributed by atoms with Crippen LogP contribution >= 0.6 is 0 Å². The summed E-state index contributed by atoms with van der Waals surface area (Å²) in [6.07, 6.45) is 0. The van der Waals surface area contributed by atoms with Crippen LogP contribution in [-0.2, 0) is 17.9 Å². The molecule has 2 aromatic rings. The van der Waals surface area contributed by atoms with Gasteiger partial charge in [0.15, 0.2) is 0 Å². The lowest BCUT2D eigenvalue weighted by atomic mass is 10.1. The molecule has 0 unspecified atom stereocenters. The van der Waals surface area contributed by atoms with E-state index < -0.39 is 0 Å². The van der Waals surface area contributed by atoms with Crippen molar-refractivity contribution in [2.45, 2.75) is 13.2 Å². The van der Waals surface area contributed by atoms with Crippen molar-refractivity contribution >= 4 is 11.8 Å². The van der Waals surface area contributed by atoms with Gasteiger partial charge >= 0.3 is 0 Å². The molecule has 106 valence electrons. The fourth-order valence-corrected chi connectivity index (χ4v) is 1.83. The Bertz CT molecular complexity index is 575. The van der Waals surface area contributed by atoms with Gasteiger partial charge in [-0.1, -0.05) is 24.3 Å². The van der Waals surface area contributed by atoms with Crippen molar-refractivity contribution in [3.63, 3.8) is 0 Å². The van der Waals surface area contributed by atoms with Crippen LogP contribution in [0.5, 0.6) is 5.88 Å². The maximum atomic E-state index is 5.61. The Balaban J connectivity index is 2.04. The van der Waals surface area contributed by atoms with Crippen molar-refractivity contribution in [2.75, 3.05) is 25.3 Å². The number of rotatable bonds is 6. The molecule has 0 saturated carbocycles. The first-order chi connectivity index (χ1) is 9.71. The SMILES string of the molecule is COCc1cccc(CNc2cc(OC)nc(N)n2)c1. The smallest absolute Gasteiger partial charge is 0.225 e. The van der Waals surface area contributed by atoms with Gasteiger partial charge in [0.05, 0.1) is 13.7 Å². The minimum Gasteiger partial charge on any atom is -0.481 e. The van der Waals surface area contributed by atoms with Crippen LogP contribution in [0.4, 0.5) is 11.8 Å². The van der Waals surface area contributed by atoms with E-state index in [9.17, 15) is 0 Å². The summed E-state index contributed by atoms with van der Waals surface area (Å²) in [5.41, 5.74) is 7.87. The molecule has 0 atom stereocenters. The van der Waals surface area contributed by atoms with E-state index in [4.69, 9.17) is 15.2 Å². The summed E-state index contributed by atoms with van der Waals surface area (Å²) in [7, 11) is 3.22. The Morgan fingerprint density at radius 1 is 1.15 bits per heavy atom. The maximum Gasteiger partial charge on any atom is 0.225 e. The minimum absolute atomic E-state index is 0.181. The number of methoxy groups -OCH3 is 2. The van der Waals surface area contributed by atoms with Crippen LogP contribution in [0.3, 0.4) is 0 Å². The largest absolute Gasteiger partial charge is 0.481 e. The fraction of sp³-hybridized carbons (Fsp3) is 0.286. The molecule has 1 aromatic carbocycles. The molecule has 0 saturated heterocycles. The molecule has 6 heteroatoms. The molecule has 0 aliphatic rings. The van der Waals surface area contributed by atoms with Gasteiger partial charge in [0.1, 0.15) is 5.82 Å². The van der Waals surface area contributed by atoms with E-state index in [2.05, 4.69) is 21.4 Å². The second kappa shape index (κ2) is 6.72. The summed E-state index contributed by atoms with van der Waals surface area (Å²) in [6, 6.07) is 9.85. The lowest BCUT2D eigenvalue weighted by Gasteiger charge is -2.09. The average molecular weight is 274 g/mol. The summed E-state index contributed by atoms with van der Waals surface area (Å²) in [4.78, 5) is 8.04. The van der Waals surface area contributed by atoms with Gasteiger partial charge in [-0.3, -0.25) is 0 Å². The third-order valence-corrected chi connectivity index (χ3v) is 2.71. The highest BCUT2D eigenvalue weighted by molar-refractivity contribution is 5.43. The molecule has 0 bridgehead atoms. The van der Waals surface area contributed by atoms with Crippen LogP contribution in [-0.4, -0.2) is 24.2 Å². The second-order valence-electron chi connectivity index (χ2n) is 4.26. The summed E-state index contributed by atoms with van der Waals surface area (Å²) in [5, 5.41) is 3.19. The molecule has 2 rings (SSSR count). The lowest BCUT2D eigenvalue weighted by molar-refractivity contribution is 0.185. The van der Waals surface area contributed by atoms with Gasteiger partial charge in [-0.25, -0.2) is 0 Å². The van der Waals surface area contributed by atoms with E-state index in [0.717, 1.165) is 11.1 Å². The van der Waals surface area contributed by atoms with Crippen LogP contribution < -0.4 is 15.8 Å². The Morgan fingerprint density at radius 3 is 2.70 bits per heavy atom. The third-order valence-electron chi connectivity index (χ3n) is 2.71. The molecule has 0 amide bonds. The summed E-state index contributed by atoms with van der Waals surface area (Å²) < 4.78 is 10.2. The van der Waals surface area contributed by atoms with Gasteiger partial charge in [-0.15, -0.1) is 0 Å². The van der Waals surface area contributed by atoms with E-state index in [1.54, 1.807) is 20.3 Å². The molecule has 3 N–H and O–H groups in total. The highest BCUT2D eigenvalue weighted by Crippen LogP contribution is 2.15. The zero-order chi connectivity index (χ0) is 14.4. The Morgan fingerprint density at radius 2 is 1.95 bits per heavy atom. The van der Waals surface area contributed by atoms with Gasteiger partial charge in [-0.2, -0.15) is 9.97 Å². The highest BCUT2D eigenvalue weighted by atomic mass is 16.5. The van der Waals surface area contributed by atoms with E-state index in [-0.39, 0.29) is 5.95 Å². The van der Waals surface area contributed by atoms with E-state index in [1.807, 2.05) is 18.2 Å². The summed E-state index contributed by atoms with van der Waals surface area (Å²) >= 11 is 0. The first-order valence-corrected chi connectivity index (χ1v) is 6.20. The number of benzene rings is 1. The molecule has 1 heterocycles. The minimum atomic E-state index is 0.181. The number of nitrogen functional groups attached to an aromatic ring is 1. The second-order valence-corrected chi connectivity index (χ2v) is 4.26. The Labute approximate surface area is 118 Å². The molecular formula is C14H18N4O2. The topological polar surface area (TPSA) is 82.3 Å². The van der Waals surface area contributed by atoms with Crippen LogP contribution in [0.15, 0.2) is 30.3 Å². The molecule has 1 aromatic heterocycles. The number of hydrogen-bond donors (Lipinski definition) is 2. The standard InChI is InChI=1S/C14H18N4O2/c1-19-9-11-5-3-4-10(6-11)8-16-12-7-13(20-2)18-14(15)17-12/h3-7H,8-9H2,1-2H3,(H3,15,16,17,18). The van der Waals surface area contributed by atoms with Crippen molar-refractivity contribution in [1.29, 1.82) is 0 Å². The fourth-order valence-electron chi connectivity index (χ4n) is 1.83. The number of nitrogens with one attached hydrogen (secondary N) is 1. The average Bonchev–Trinajstić information content (AvgIpc) is 2.45. The first kappa shape index (κ1) is 14.1. The predicted octanol–water partition coefficient (Wildman–Crippen LogP) is 1.83. The van der Waals surface area contributed by atoms with Gasteiger partial charge in [0, 0.05) is 19.7 Å². The molecule has 6 nitrogen and oxygen atoms in total. The molecular weight excluding hydrogens is 256 g/mol. The molecule has 0 fully saturated rings. The Hall–Kier alpha value is -2.34. The number of anilines is 2. The zero-order valence-electron chi connectivity index (χ0n) is 11.6. The number of nitrogens with two attached hydrogens (primary N) is 1. The number of ether oxygens (including phenoxy) is 2. The predicted molar refractivity (Wildman–Crippen MR) is 77.5 cm³/mol. The molecule has 20 heavy (non-hydrogen) atoms. The molecule has 0 aliphatic carbocycles.